The molecule has 33 heavy (non-hydrogen) atoms. The van der Waals surface area contributed by atoms with Crippen LogP contribution in [0.1, 0.15) is 46.9 Å². The van der Waals surface area contributed by atoms with Crippen molar-refractivity contribution in [1.29, 1.82) is 0 Å². The average molecular weight is 443 g/mol. The van der Waals surface area contributed by atoms with E-state index in [-0.39, 0.29) is 11.9 Å². The number of carbonyl (C=O) groups excluding carboxylic acids is 1. The van der Waals surface area contributed by atoms with Crippen LogP contribution in [0.5, 0.6) is 0 Å². The second kappa shape index (κ2) is 11.2. The number of aromatic nitrogens is 1. The number of rotatable bonds is 8. The molecule has 1 aliphatic rings. The second-order valence-electron chi connectivity index (χ2n) is 8.59. The molecule has 1 fully saturated rings. The van der Waals surface area contributed by atoms with Crippen molar-refractivity contribution >= 4 is 5.91 Å². The van der Waals surface area contributed by atoms with Crippen molar-refractivity contribution in [2.24, 2.45) is 0 Å². The Kier molecular flexibility index (Phi) is 7.87. The molecule has 0 N–H and O–H groups in total. The smallest absolute Gasteiger partial charge is 0.253 e. The minimum Gasteiger partial charge on any atom is -0.339 e. The van der Waals surface area contributed by atoms with Crippen LogP contribution in [0.25, 0.3) is 0 Å². The zero-order valence-corrected chi connectivity index (χ0v) is 19.7. The van der Waals surface area contributed by atoms with Gasteiger partial charge in [-0.3, -0.25) is 19.6 Å². The molecule has 1 aliphatic heterocycles. The molecule has 172 valence electrons. The summed E-state index contributed by atoms with van der Waals surface area (Å²) in [5.74, 6) is 0.104. The van der Waals surface area contributed by atoms with E-state index in [1.54, 1.807) is 0 Å². The second-order valence-corrected chi connectivity index (χ2v) is 8.59. The lowest BCUT2D eigenvalue weighted by molar-refractivity contribution is 0.0773. The number of amides is 1. The molecule has 0 bridgehead atoms. The van der Waals surface area contributed by atoms with Crippen molar-refractivity contribution in [3.8, 4) is 0 Å². The molecular formula is C28H34N4O. The lowest BCUT2D eigenvalue weighted by Gasteiger charge is -2.40. The van der Waals surface area contributed by atoms with Crippen LogP contribution in [-0.2, 0) is 6.54 Å². The minimum atomic E-state index is 0.104. The predicted molar refractivity (Wildman–Crippen MR) is 133 cm³/mol. The van der Waals surface area contributed by atoms with Gasteiger partial charge in [0.25, 0.3) is 5.91 Å². The van der Waals surface area contributed by atoms with Crippen LogP contribution < -0.4 is 0 Å². The quantitative estimate of drug-likeness (QED) is 0.516. The van der Waals surface area contributed by atoms with Crippen molar-refractivity contribution < 1.29 is 4.79 Å². The fraction of sp³-hybridized carbons (Fsp3) is 0.357. The summed E-state index contributed by atoms with van der Waals surface area (Å²) in [6.07, 6.45) is 3.78. The predicted octanol–water partition coefficient (Wildman–Crippen LogP) is 4.47. The normalized spacial score (nSPS) is 15.8. The summed E-state index contributed by atoms with van der Waals surface area (Å²) in [6.45, 7) is 10.5. The zero-order chi connectivity index (χ0) is 23.0. The minimum absolute atomic E-state index is 0.104. The van der Waals surface area contributed by atoms with E-state index in [2.05, 4.69) is 63.3 Å². The Balaban J connectivity index is 1.50. The van der Waals surface area contributed by atoms with E-state index in [0.717, 1.165) is 51.4 Å². The summed E-state index contributed by atoms with van der Waals surface area (Å²) in [6, 6.07) is 23.3. The molecule has 1 saturated heterocycles. The molecule has 0 aliphatic carbocycles. The maximum Gasteiger partial charge on any atom is 0.253 e. The number of carbonyl (C=O) groups is 1. The summed E-state index contributed by atoms with van der Waals surface area (Å²) >= 11 is 0. The Hall–Kier alpha value is -3.02. The maximum absolute atomic E-state index is 12.8. The Labute approximate surface area is 197 Å². The lowest BCUT2D eigenvalue weighted by atomic mass is 9.95. The standard InChI is InChI=1S/C28H34N4O/c1-3-31(4-2)28(33)26-14-12-25(13-15-26)27(24-10-6-5-7-11-24)32-19-17-30(18-20-32)22-23-9-8-16-29-21-23/h5-16,21,27H,3-4,17-20,22H2,1-2H3. The molecule has 2 aromatic carbocycles. The number of nitrogens with zero attached hydrogens (tertiary/aromatic N) is 4. The van der Waals surface area contributed by atoms with Gasteiger partial charge in [-0.15, -0.1) is 0 Å². The number of benzene rings is 2. The van der Waals surface area contributed by atoms with Crippen LogP contribution in [0.3, 0.4) is 0 Å². The molecule has 1 atom stereocenters. The molecule has 3 aromatic rings. The van der Waals surface area contributed by atoms with E-state index in [0.29, 0.717) is 0 Å². The first-order valence-electron chi connectivity index (χ1n) is 12.0. The zero-order valence-electron chi connectivity index (χ0n) is 19.7. The van der Waals surface area contributed by atoms with Gasteiger partial charge in [0, 0.05) is 63.8 Å². The van der Waals surface area contributed by atoms with E-state index in [4.69, 9.17) is 0 Å². The third kappa shape index (κ3) is 5.67. The van der Waals surface area contributed by atoms with Gasteiger partial charge < -0.3 is 4.90 Å². The molecule has 0 saturated carbocycles. The van der Waals surface area contributed by atoms with E-state index in [1.165, 1.54) is 16.7 Å². The SMILES string of the molecule is CCN(CC)C(=O)c1ccc(C(c2ccccc2)N2CCN(Cc3cccnc3)CC2)cc1. The van der Waals surface area contributed by atoms with Crippen LogP contribution in [0.15, 0.2) is 79.1 Å². The van der Waals surface area contributed by atoms with Crippen LogP contribution in [0.4, 0.5) is 0 Å². The summed E-state index contributed by atoms with van der Waals surface area (Å²) < 4.78 is 0. The van der Waals surface area contributed by atoms with Crippen molar-refractivity contribution in [2.45, 2.75) is 26.4 Å². The van der Waals surface area contributed by atoms with Crippen molar-refractivity contribution in [3.05, 3.63) is 101 Å². The number of piperazine rings is 1. The van der Waals surface area contributed by atoms with E-state index in [9.17, 15) is 4.79 Å². The van der Waals surface area contributed by atoms with Gasteiger partial charge in [0.05, 0.1) is 6.04 Å². The molecule has 0 radical (unpaired) electrons. The molecule has 1 amide bonds. The molecule has 2 heterocycles. The highest BCUT2D eigenvalue weighted by Gasteiger charge is 2.26. The summed E-state index contributed by atoms with van der Waals surface area (Å²) in [7, 11) is 0. The van der Waals surface area contributed by atoms with Crippen molar-refractivity contribution in [2.75, 3.05) is 39.3 Å². The first-order valence-corrected chi connectivity index (χ1v) is 12.0. The van der Waals surface area contributed by atoms with Gasteiger partial charge in [0.15, 0.2) is 0 Å². The largest absolute Gasteiger partial charge is 0.339 e. The van der Waals surface area contributed by atoms with E-state index >= 15 is 0 Å². The highest BCUT2D eigenvalue weighted by molar-refractivity contribution is 5.94. The molecular weight excluding hydrogens is 408 g/mol. The first kappa shape index (κ1) is 23.1. The van der Waals surface area contributed by atoms with Crippen LogP contribution in [-0.4, -0.2) is 64.9 Å². The van der Waals surface area contributed by atoms with Gasteiger partial charge in [-0.1, -0.05) is 48.5 Å². The Morgan fingerprint density at radius 1 is 0.879 bits per heavy atom. The molecule has 5 heteroatoms. The van der Waals surface area contributed by atoms with Gasteiger partial charge in [-0.05, 0) is 48.7 Å². The number of pyridine rings is 1. The van der Waals surface area contributed by atoms with E-state index in [1.807, 2.05) is 49.3 Å². The highest BCUT2D eigenvalue weighted by atomic mass is 16.2. The molecule has 0 spiro atoms. The fourth-order valence-electron chi connectivity index (χ4n) is 4.68. The summed E-state index contributed by atoms with van der Waals surface area (Å²) in [5, 5.41) is 0. The van der Waals surface area contributed by atoms with Gasteiger partial charge in [-0.2, -0.15) is 0 Å². The Morgan fingerprint density at radius 3 is 2.15 bits per heavy atom. The number of hydrogen-bond acceptors (Lipinski definition) is 4. The monoisotopic (exact) mass is 442 g/mol. The van der Waals surface area contributed by atoms with Crippen LogP contribution in [0.2, 0.25) is 0 Å². The topological polar surface area (TPSA) is 39.7 Å². The summed E-state index contributed by atoms with van der Waals surface area (Å²) in [4.78, 5) is 23.9. The van der Waals surface area contributed by atoms with E-state index < -0.39 is 0 Å². The fourth-order valence-corrected chi connectivity index (χ4v) is 4.68. The molecule has 1 unspecified atom stereocenters. The highest BCUT2D eigenvalue weighted by Crippen LogP contribution is 2.30. The maximum atomic E-state index is 12.8. The average Bonchev–Trinajstić information content (AvgIpc) is 2.88. The van der Waals surface area contributed by atoms with Gasteiger partial charge in [0.2, 0.25) is 0 Å². The number of hydrogen-bond donors (Lipinski definition) is 0. The van der Waals surface area contributed by atoms with Crippen LogP contribution >= 0.6 is 0 Å². The molecule has 5 nitrogen and oxygen atoms in total. The van der Waals surface area contributed by atoms with Crippen molar-refractivity contribution in [3.63, 3.8) is 0 Å². The lowest BCUT2D eigenvalue weighted by Crippen LogP contribution is -2.47. The van der Waals surface area contributed by atoms with Gasteiger partial charge in [-0.25, -0.2) is 0 Å². The van der Waals surface area contributed by atoms with Crippen LogP contribution in [0, 0.1) is 0 Å². The Morgan fingerprint density at radius 2 is 1.55 bits per heavy atom. The van der Waals surface area contributed by atoms with Gasteiger partial charge >= 0.3 is 0 Å². The third-order valence-corrected chi connectivity index (χ3v) is 6.54. The van der Waals surface area contributed by atoms with Crippen molar-refractivity contribution in [1.82, 2.24) is 19.7 Å². The third-order valence-electron chi connectivity index (χ3n) is 6.54. The molecule has 4 rings (SSSR count). The Bertz CT molecular complexity index is 995. The molecule has 1 aromatic heterocycles. The summed E-state index contributed by atoms with van der Waals surface area (Å²) in [5.41, 5.74) is 4.55. The first-order chi connectivity index (χ1) is 16.2. The van der Waals surface area contributed by atoms with Gasteiger partial charge in [0.1, 0.15) is 0 Å².